The van der Waals surface area contributed by atoms with Crippen LogP contribution in [0.3, 0.4) is 0 Å². The Bertz CT molecular complexity index is 476. The topological polar surface area (TPSA) is 45.8 Å². The number of benzene rings is 1. The molecule has 0 unspecified atom stereocenters. The monoisotopic (exact) mass is 238 g/mol. The highest BCUT2D eigenvalue weighted by Gasteiger charge is 2.07. The van der Waals surface area contributed by atoms with Crippen molar-refractivity contribution >= 4 is 33.1 Å². The fraction of sp³-hybridized carbons (Fsp3) is 0.111. The molecular formula is C9H7BrN2O. The van der Waals surface area contributed by atoms with Gasteiger partial charge in [0, 0.05) is 9.86 Å². The second-order valence-electron chi connectivity index (χ2n) is 2.87. The minimum atomic E-state index is 0.542. The number of carbonyl (C=O) groups is 1. The predicted molar refractivity (Wildman–Crippen MR) is 53.9 cm³/mol. The Morgan fingerprint density at radius 1 is 1.54 bits per heavy atom. The van der Waals surface area contributed by atoms with Gasteiger partial charge < -0.3 is 0 Å². The molecule has 4 heteroatoms. The summed E-state index contributed by atoms with van der Waals surface area (Å²) in [6.45, 7) is 1.95. The summed E-state index contributed by atoms with van der Waals surface area (Å²) >= 11 is 3.37. The molecule has 1 N–H and O–H groups in total. The third kappa shape index (κ3) is 1.27. The molecule has 0 saturated carbocycles. The molecule has 0 fully saturated rings. The minimum absolute atomic E-state index is 0.542. The summed E-state index contributed by atoms with van der Waals surface area (Å²) in [5.74, 6) is 0. The lowest BCUT2D eigenvalue weighted by molar-refractivity contribution is 0.112. The Morgan fingerprint density at radius 2 is 2.31 bits per heavy atom. The molecule has 2 rings (SSSR count). The van der Waals surface area contributed by atoms with Crippen molar-refractivity contribution in [3.05, 3.63) is 27.9 Å². The highest BCUT2D eigenvalue weighted by Crippen LogP contribution is 2.23. The summed E-state index contributed by atoms with van der Waals surface area (Å²) < 4.78 is 0.974. The molecule has 0 amide bonds. The van der Waals surface area contributed by atoms with Crippen LogP contribution in [0.5, 0.6) is 0 Å². The lowest BCUT2D eigenvalue weighted by Crippen LogP contribution is -1.82. The number of halogens is 1. The van der Waals surface area contributed by atoms with Gasteiger partial charge in [0.2, 0.25) is 0 Å². The molecular weight excluding hydrogens is 232 g/mol. The molecule has 2 aromatic rings. The number of carbonyl (C=O) groups excluding carboxylic acids is 1. The number of rotatable bonds is 1. The van der Waals surface area contributed by atoms with Gasteiger partial charge in [-0.1, -0.05) is 15.9 Å². The molecule has 0 radical (unpaired) electrons. The standard InChI is InChI=1S/C9H7BrN2O/c1-5-2-6(10)3-7-9(5)8(4-13)12-11-7/h2-4H,1H3,(H,11,12). The van der Waals surface area contributed by atoms with Crippen molar-refractivity contribution in [3.63, 3.8) is 0 Å². The van der Waals surface area contributed by atoms with Crippen LogP contribution in [0.15, 0.2) is 16.6 Å². The van der Waals surface area contributed by atoms with Crippen molar-refractivity contribution in [2.24, 2.45) is 0 Å². The van der Waals surface area contributed by atoms with E-state index in [2.05, 4.69) is 26.1 Å². The Hall–Kier alpha value is -1.16. The second kappa shape index (κ2) is 2.96. The summed E-state index contributed by atoms with van der Waals surface area (Å²) in [4.78, 5) is 10.6. The zero-order valence-corrected chi connectivity index (χ0v) is 8.55. The summed E-state index contributed by atoms with van der Waals surface area (Å²) in [6, 6.07) is 3.84. The molecule has 0 spiro atoms. The third-order valence-corrected chi connectivity index (χ3v) is 2.42. The van der Waals surface area contributed by atoms with Crippen LogP contribution in [0, 0.1) is 6.92 Å². The van der Waals surface area contributed by atoms with E-state index in [9.17, 15) is 4.79 Å². The van der Waals surface area contributed by atoms with E-state index in [1.54, 1.807) is 0 Å². The first-order valence-electron chi connectivity index (χ1n) is 3.82. The van der Waals surface area contributed by atoms with Crippen LogP contribution >= 0.6 is 15.9 Å². The molecule has 3 nitrogen and oxygen atoms in total. The number of fused-ring (bicyclic) bond motifs is 1. The smallest absolute Gasteiger partial charge is 0.168 e. The van der Waals surface area contributed by atoms with Crippen LogP contribution in [0.4, 0.5) is 0 Å². The maximum Gasteiger partial charge on any atom is 0.168 e. The number of H-pyrrole nitrogens is 1. The normalized spacial score (nSPS) is 10.6. The number of aldehydes is 1. The molecule has 66 valence electrons. The fourth-order valence-corrected chi connectivity index (χ4v) is 1.99. The van der Waals surface area contributed by atoms with E-state index in [1.807, 2.05) is 19.1 Å². The van der Waals surface area contributed by atoms with Gasteiger partial charge in [0.05, 0.1) is 5.52 Å². The number of aryl methyl sites for hydroxylation is 1. The van der Waals surface area contributed by atoms with Gasteiger partial charge in [0.1, 0.15) is 5.69 Å². The molecule has 1 aromatic carbocycles. The van der Waals surface area contributed by atoms with Gasteiger partial charge in [-0.15, -0.1) is 0 Å². The van der Waals surface area contributed by atoms with Crippen LogP contribution in [0.2, 0.25) is 0 Å². The lowest BCUT2D eigenvalue weighted by Gasteiger charge is -1.96. The number of aromatic amines is 1. The van der Waals surface area contributed by atoms with E-state index in [-0.39, 0.29) is 0 Å². The zero-order chi connectivity index (χ0) is 9.42. The van der Waals surface area contributed by atoms with E-state index < -0.39 is 0 Å². The molecule has 1 aromatic heterocycles. The Kier molecular flexibility index (Phi) is 1.92. The van der Waals surface area contributed by atoms with Gasteiger partial charge in [0.15, 0.2) is 6.29 Å². The van der Waals surface area contributed by atoms with Gasteiger partial charge in [-0.25, -0.2) is 0 Å². The summed E-state index contributed by atoms with van der Waals surface area (Å²) in [5.41, 5.74) is 2.40. The van der Waals surface area contributed by atoms with Crippen LogP contribution < -0.4 is 0 Å². The van der Waals surface area contributed by atoms with E-state index in [0.29, 0.717) is 5.69 Å². The fourth-order valence-electron chi connectivity index (χ4n) is 1.43. The predicted octanol–water partition coefficient (Wildman–Crippen LogP) is 2.45. The van der Waals surface area contributed by atoms with Gasteiger partial charge in [-0.05, 0) is 24.6 Å². The van der Waals surface area contributed by atoms with Crippen molar-refractivity contribution in [2.75, 3.05) is 0 Å². The van der Waals surface area contributed by atoms with Crippen LogP contribution in [-0.2, 0) is 0 Å². The van der Waals surface area contributed by atoms with Crippen LogP contribution in [-0.4, -0.2) is 16.5 Å². The molecule has 13 heavy (non-hydrogen) atoms. The number of hydrogen-bond donors (Lipinski definition) is 1. The first-order valence-corrected chi connectivity index (χ1v) is 4.61. The van der Waals surface area contributed by atoms with Gasteiger partial charge in [-0.3, -0.25) is 9.89 Å². The molecule has 0 aliphatic heterocycles. The second-order valence-corrected chi connectivity index (χ2v) is 3.79. The number of nitrogens with zero attached hydrogens (tertiary/aromatic N) is 1. The molecule has 0 bridgehead atoms. The maximum atomic E-state index is 10.6. The average molecular weight is 239 g/mol. The van der Waals surface area contributed by atoms with Crippen molar-refractivity contribution < 1.29 is 4.79 Å². The molecule has 0 aliphatic carbocycles. The molecule has 0 atom stereocenters. The van der Waals surface area contributed by atoms with E-state index >= 15 is 0 Å². The highest BCUT2D eigenvalue weighted by molar-refractivity contribution is 9.10. The summed E-state index contributed by atoms with van der Waals surface area (Å²) in [5, 5.41) is 7.62. The summed E-state index contributed by atoms with van der Waals surface area (Å²) in [7, 11) is 0. The van der Waals surface area contributed by atoms with Crippen molar-refractivity contribution in [2.45, 2.75) is 6.92 Å². The van der Waals surface area contributed by atoms with Crippen molar-refractivity contribution in [1.82, 2.24) is 10.2 Å². The van der Waals surface area contributed by atoms with E-state index in [4.69, 9.17) is 0 Å². The number of nitrogens with one attached hydrogen (secondary N) is 1. The first kappa shape index (κ1) is 8.44. The van der Waals surface area contributed by atoms with E-state index in [0.717, 1.165) is 27.2 Å². The number of hydrogen-bond acceptors (Lipinski definition) is 2. The van der Waals surface area contributed by atoms with Crippen molar-refractivity contribution in [1.29, 1.82) is 0 Å². The Morgan fingerprint density at radius 3 is 3.00 bits per heavy atom. The van der Waals surface area contributed by atoms with Crippen LogP contribution in [0.25, 0.3) is 10.9 Å². The third-order valence-electron chi connectivity index (χ3n) is 1.96. The van der Waals surface area contributed by atoms with Crippen LogP contribution in [0.1, 0.15) is 16.1 Å². The van der Waals surface area contributed by atoms with E-state index in [1.165, 1.54) is 0 Å². The maximum absolute atomic E-state index is 10.6. The molecule has 0 aliphatic rings. The number of aromatic nitrogens is 2. The van der Waals surface area contributed by atoms with Crippen molar-refractivity contribution in [3.8, 4) is 0 Å². The quantitative estimate of drug-likeness (QED) is 0.777. The van der Waals surface area contributed by atoms with Gasteiger partial charge >= 0.3 is 0 Å². The minimum Gasteiger partial charge on any atom is -0.296 e. The largest absolute Gasteiger partial charge is 0.296 e. The van der Waals surface area contributed by atoms with Gasteiger partial charge in [0.25, 0.3) is 0 Å². The Balaban J connectivity index is 2.89. The Labute approximate surface area is 83.3 Å². The molecule has 0 saturated heterocycles. The highest BCUT2D eigenvalue weighted by atomic mass is 79.9. The zero-order valence-electron chi connectivity index (χ0n) is 6.97. The lowest BCUT2D eigenvalue weighted by atomic mass is 10.1. The van der Waals surface area contributed by atoms with Gasteiger partial charge in [-0.2, -0.15) is 5.10 Å². The SMILES string of the molecule is Cc1cc(Br)cc2n[nH]c(C=O)c12. The summed E-state index contributed by atoms with van der Waals surface area (Å²) in [6.07, 6.45) is 0.788. The average Bonchev–Trinajstić information content (AvgIpc) is 2.47. The molecule has 1 heterocycles. The first-order chi connectivity index (χ1) is 6.22.